The van der Waals surface area contributed by atoms with Gasteiger partial charge in [-0.05, 0) is 62.8 Å². The summed E-state index contributed by atoms with van der Waals surface area (Å²) in [5, 5.41) is 3.00. The Bertz CT molecular complexity index is 967. The summed E-state index contributed by atoms with van der Waals surface area (Å²) in [4.78, 5) is 16.9. The van der Waals surface area contributed by atoms with Crippen molar-refractivity contribution in [2.45, 2.75) is 49.5 Å². The van der Waals surface area contributed by atoms with Crippen LogP contribution in [0.3, 0.4) is 0 Å². The summed E-state index contributed by atoms with van der Waals surface area (Å²) in [5.74, 6) is 0.384. The molecule has 30 heavy (non-hydrogen) atoms. The molecule has 1 aromatic heterocycles. The fraction of sp³-hybridized carbons (Fsp3) is 0.455. The third-order valence-electron chi connectivity index (χ3n) is 5.84. The summed E-state index contributed by atoms with van der Waals surface area (Å²) < 4.78 is 33.0. The first kappa shape index (κ1) is 20.8. The second kappa shape index (κ2) is 9.14. The molecule has 0 unspecified atom stereocenters. The minimum absolute atomic E-state index is 0.0871. The third-order valence-corrected chi connectivity index (χ3v) is 7.72. The van der Waals surface area contributed by atoms with Crippen molar-refractivity contribution < 1.29 is 17.9 Å². The van der Waals surface area contributed by atoms with Gasteiger partial charge in [0.2, 0.25) is 15.9 Å². The summed E-state index contributed by atoms with van der Waals surface area (Å²) >= 11 is 0. The topological polar surface area (TPSA) is 88.6 Å². The normalized spacial score (nSPS) is 18.9. The minimum Gasteiger partial charge on any atom is -0.488 e. The van der Waals surface area contributed by atoms with E-state index in [4.69, 9.17) is 4.74 Å². The second-order valence-electron chi connectivity index (χ2n) is 7.88. The highest BCUT2D eigenvalue weighted by molar-refractivity contribution is 7.89. The molecule has 1 saturated heterocycles. The zero-order chi connectivity index (χ0) is 21.0. The molecule has 1 aliphatic carbocycles. The van der Waals surface area contributed by atoms with Crippen LogP contribution in [-0.2, 0) is 14.8 Å². The maximum atomic E-state index is 12.8. The first-order valence-electron chi connectivity index (χ1n) is 10.5. The number of hydrogen-bond donors (Lipinski definition) is 1. The molecule has 2 aliphatic rings. The van der Waals surface area contributed by atoms with Gasteiger partial charge < -0.3 is 10.1 Å². The lowest BCUT2D eigenvalue weighted by atomic mass is 9.97. The zero-order valence-corrected chi connectivity index (χ0v) is 17.7. The largest absolute Gasteiger partial charge is 0.488 e. The van der Waals surface area contributed by atoms with Gasteiger partial charge in [-0.3, -0.25) is 9.78 Å². The maximum absolute atomic E-state index is 12.8. The zero-order valence-electron chi connectivity index (χ0n) is 16.9. The number of para-hydroxylation sites is 2. The molecule has 0 radical (unpaired) electrons. The lowest BCUT2D eigenvalue weighted by molar-refractivity contribution is -0.120. The van der Waals surface area contributed by atoms with Crippen LogP contribution in [0.15, 0.2) is 53.7 Å². The predicted molar refractivity (Wildman–Crippen MR) is 114 cm³/mol. The molecule has 160 valence electrons. The van der Waals surface area contributed by atoms with Crippen LogP contribution in [0.1, 0.15) is 38.5 Å². The molecule has 0 bridgehead atoms. The smallest absolute Gasteiger partial charge is 0.244 e. The molecule has 7 nitrogen and oxygen atoms in total. The van der Waals surface area contributed by atoms with Gasteiger partial charge in [-0.1, -0.05) is 12.1 Å². The van der Waals surface area contributed by atoms with E-state index in [0.717, 1.165) is 12.8 Å². The van der Waals surface area contributed by atoms with E-state index in [1.807, 2.05) is 24.3 Å². The van der Waals surface area contributed by atoms with Crippen LogP contribution >= 0.6 is 0 Å². The van der Waals surface area contributed by atoms with Crippen molar-refractivity contribution in [2.75, 3.05) is 18.4 Å². The number of amides is 1. The number of anilines is 1. The molecule has 8 heteroatoms. The summed E-state index contributed by atoms with van der Waals surface area (Å²) in [6.07, 6.45) is 8.54. The molecule has 2 aromatic rings. The van der Waals surface area contributed by atoms with Gasteiger partial charge in [0.05, 0.1) is 11.8 Å². The number of hydrogen-bond acceptors (Lipinski definition) is 5. The second-order valence-corrected chi connectivity index (χ2v) is 9.81. The number of nitrogens with one attached hydrogen (secondary N) is 1. The van der Waals surface area contributed by atoms with Crippen LogP contribution in [0.4, 0.5) is 5.69 Å². The monoisotopic (exact) mass is 429 g/mol. The Kier molecular flexibility index (Phi) is 6.34. The molecule has 1 amide bonds. The quantitative estimate of drug-likeness (QED) is 0.760. The highest BCUT2D eigenvalue weighted by Crippen LogP contribution is 2.31. The van der Waals surface area contributed by atoms with E-state index >= 15 is 0 Å². The maximum Gasteiger partial charge on any atom is 0.244 e. The van der Waals surface area contributed by atoms with Crippen LogP contribution in [0, 0.1) is 5.92 Å². The highest BCUT2D eigenvalue weighted by Gasteiger charge is 2.32. The van der Waals surface area contributed by atoms with Crippen LogP contribution in [-0.4, -0.2) is 42.8 Å². The van der Waals surface area contributed by atoms with E-state index in [1.165, 1.54) is 23.3 Å². The Labute approximate surface area is 177 Å². The average molecular weight is 430 g/mol. The summed E-state index contributed by atoms with van der Waals surface area (Å²) in [6.45, 7) is 0.630. The number of ether oxygens (including phenoxy) is 1. The molecule has 1 N–H and O–H groups in total. The molecular formula is C22H27N3O4S. The summed E-state index contributed by atoms with van der Waals surface area (Å²) in [5.41, 5.74) is 0.680. The number of aromatic nitrogens is 1. The predicted octanol–water partition coefficient (Wildman–Crippen LogP) is 3.44. The van der Waals surface area contributed by atoms with Gasteiger partial charge in [0, 0.05) is 31.4 Å². The first-order chi connectivity index (χ1) is 14.5. The lowest BCUT2D eigenvalue weighted by Gasteiger charge is -2.30. The third kappa shape index (κ3) is 4.65. The van der Waals surface area contributed by atoms with E-state index in [2.05, 4.69) is 10.3 Å². The molecule has 1 saturated carbocycles. The number of piperidine rings is 1. The van der Waals surface area contributed by atoms with Crippen molar-refractivity contribution in [1.82, 2.24) is 9.29 Å². The van der Waals surface area contributed by atoms with Gasteiger partial charge in [-0.15, -0.1) is 0 Å². The molecule has 1 aromatic carbocycles. The van der Waals surface area contributed by atoms with E-state index in [-0.39, 0.29) is 22.8 Å². The number of carbonyl (C=O) groups excluding carboxylic acids is 1. The molecule has 4 rings (SSSR count). The molecule has 0 atom stereocenters. The Hall–Kier alpha value is -2.45. The highest BCUT2D eigenvalue weighted by atomic mass is 32.2. The van der Waals surface area contributed by atoms with E-state index in [9.17, 15) is 13.2 Å². The SMILES string of the molecule is O=C(Nc1ccccc1OC1CCCC1)C1CCN(S(=O)(=O)c2cccnc2)CC1. The van der Waals surface area contributed by atoms with Crippen LogP contribution in [0.2, 0.25) is 0 Å². The standard InChI is InChI=1S/C22H27N3O4S/c26-22(24-20-9-3-4-10-21(20)29-18-6-1-2-7-18)17-11-14-25(15-12-17)30(27,28)19-8-5-13-23-16-19/h3-5,8-10,13,16-18H,1-2,6-7,11-12,14-15H2,(H,24,26). The molecule has 2 heterocycles. The number of sulfonamides is 1. The van der Waals surface area contributed by atoms with Gasteiger partial charge in [0.1, 0.15) is 10.6 Å². The fourth-order valence-electron chi connectivity index (χ4n) is 4.10. The van der Waals surface area contributed by atoms with Gasteiger partial charge in [0.15, 0.2) is 0 Å². The van der Waals surface area contributed by atoms with Crippen molar-refractivity contribution in [2.24, 2.45) is 5.92 Å². The molecule has 2 fully saturated rings. The van der Waals surface area contributed by atoms with Crippen molar-refractivity contribution in [3.8, 4) is 5.75 Å². The molecule has 1 aliphatic heterocycles. The number of nitrogens with zero attached hydrogens (tertiary/aromatic N) is 2. The number of benzene rings is 1. The lowest BCUT2D eigenvalue weighted by Crippen LogP contribution is -2.41. The number of pyridine rings is 1. The van der Waals surface area contributed by atoms with Crippen molar-refractivity contribution >= 4 is 21.6 Å². The number of carbonyl (C=O) groups is 1. The van der Waals surface area contributed by atoms with Crippen molar-refractivity contribution in [3.63, 3.8) is 0 Å². The van der Waals surface area contributed by atoms with Crippen LogP contribution in [0.5, 0.6) is 5.75 Å². The van der Waals surface area contributed by atoms with E-state index in [0.29, 0.717) is 37.4 Å². The molecular weight excluding hydrogens is 402 g/mol. The minimum atomic E-state index is -3.57. The van der Waals surface area contributed by atoms with Crippen molar-refractivity contribution in [1.29, 1.82) is 0 Å². The molecule has 0 spiro atoms. The van der Waals surface area contributed by atoms with E-state index < -0.39 is 10.0 Å². The fourth-order valence-corrected chi connectivity index (χ4v) is 5.53. The Balaban J connectivity index is 1.36. The van der Waals surface area contributed by atoms with Crippen LogP contribution in [0.25, 0.3) is 0 Å². The Morgan fingerprint density at radius 3 is 2.47 bits per heavy atom. The van der Waals surface area contributed by atoms with Gasteiger partial charge >= 0.3 is 0 Å². The van der Waals surface area contributed by atoms with Gasteiger partial charge in [-0.25, -0.2) is 8.42 Å². The summed E-state index contributed by atoms with van der Waals surface area (Å²) in [6, 6.07) is 10.7. The summed E-state index contributed by atoms with van der Waals surface area (Å²) in [7, 11) is -3.57. The van der Waals surface area contributed by atoms with Gasteiger partial charge in [0.25, 0.3) is 0 Å². The Morgan fingerprint density at radius 2 is 1.77 bits per heavy atom. The van der Waals surface area contributed by atoms with Gasteiger partial charge in [-0.2, -0.15) is 4.31 Å². The number of rotatable bonds is 6. The van der Waals surface area contributed by atoms with Crippen molar-refractivity contribution in [3.05, 3.63) is 48.8 Å². The Morgan fingerprint density at radius 1 is 1.03 bits per heavy atom. The van der Waals surface area contributed by atoms with Crippen LogP contribution < -0.4 is 10.1 Å². The average Bonchev–Trinajstić information content (AvgIpc) is 3.29. The first-order valence-corrected chi connectivity index (χ1v) is 11.9. The van der Waals surface area contributed by atoms with E-state index in [1.54, 1.807) is 18.3 Å².